The molecule has 0 saturated heterocycles. The number of carbonyl (C=O) groups excluding carboxylic acids is 1. The van der Waals surface area contributed by atoms with Gasteiger partial charge in [0, 0.05) is 16.8 Å². The summed E-state index contributed by atoms with van der Waals surface area (Å²) >= 11 is 5.82. The number of carbonyl (C=O) groups is 1. The summed E-state index contributed by atoms with van der Waals surface area (Å²) in [5.41, 5.74) is 2.40. The summed E-state index contributed by atoms with van der Waals surface area (Å²) in [6, 6.07) is 13.1. The van der Waals surface area contributed by atoms with Gasteiger partial charge in [0.15, 0.2) is 6.29 Å². The first kappa shape index (κ1) is 12.5. The van der Waals surface area contributed by atoms with E-state index in [1.54, 1.807) is 6.20 Å². The number of halogens is 1. The van der Waals surface area contributed by atoms with Crippen LogP contribution in [0.25, 0.3) is 5.57 Å². The van der Waals surface area contributed by atoms with Gasteiger partial charge in [-0.25, -0.2) is 0 Å². The zero-order chi connectivity index (χ0) is 12.8. The SMILES string of the molecule is O=CC(=CCc1ccc(Cl)cc1)c1ccccn1. The van der Waals surface area contributed by atoms with Crippen molar-refractivity contribution in [3.05, 3.63) is 71.0 Å². The first-order valence-corrected chi connectivity index (χ1v) is 5.98. The lowest BCUT2D eigenvalue weighted by molar-refractivity contribution is -0.103. The zero-order valence-corrected chi connectivity index (χ0v) is 10.5. The van der Waals surface area contributed by atoms with Gasteiger partial charge in [-0.2, -0.15) is 0 Å². The van der Waals surface area contributed by atoms with Gasteiger partial charge in [-0.3, -0.25) is 9.78 Å². The van der Waals surface area contributed by atoms with Gasteiger partial charge in [-0.05, 0) is 36.2 Å². The summed E-state index contributed by atoms with van der Waals surface area (Å²) in [6.07, 6.45) is 5.06. The number of nitrogens with zero attached hydrogens (tertiary/aromatic N) is 1. The van der Waals surface area contributed by atoms with E-state index in [2.05, 4.69) is 4.98 Å². The topological polar surface area (TPSA) is 30.0 Å². The third-order valence-electron chi connectivity index (χ3n) is 2.56. The molecule has 2 aromatic rings. The molecule has 0 aliphatic heterocycles. The van der Waals surface area contributed by atoms with Crippen LogP contribution in [0.15, 0.2) is 54.7 Å². The molecule has 18 heavy (non-hydrogen) atoms. The average molecular weight is 258 g/mol. The molecule has 0 N–H and O–H groups in total. The molecule has 90 valence electrons. The second kappa shape index (κ2) is 6.12. The van der Waals surface area contributed by atoms with Gasteiger partial charge < -0.3 is 0 Å². The van der Waals surface area contributed by atoms with Crippen molar-refractivity contribution in [3.8, 4) is 0 Å². The standard InChI is InChI=1S/C15H12ClNO/c16-14-8-5-12(6-9-14)4-7-13(11-18)15-3-1-2-10-17-15/h1-3,5-11H,4H2. The Morgan fingerprint density at radius 3 is 2.56 bits per heavy atom. The molecule has 2 rings (SSSR count). The Morgan fingerprint density at radius 1 is 1.17 bits per heavy atom. The molecule has 0 unspecified atom stereocenters. The highest BCUT2D eigenvalue weighted by molar-refractivity contribution is 6.30. The summed E-state index contributed by atoms with van der Waals surface area (Å²) < 4.78 is 0. The van der Waals surface area contributed by atoms with E-state index in [4.69, 9.17) is 11.6 Å². The summed E-state index contributed by atoms with van der Waals surface area (Å²) in [6.45, 7) is 0. The van der Waals surface area contributed by atoms with Gasteiger partial charge in [0.25, 0.3) is 0 Å². The van der Waals surface area contributed by atoms with Crippen molar-refractivity contribution in [2.75, 3.05) is 0 Å². The maximum atomic E-state index is 11.1. The van der Waals surface area contributed by atoms with E-state index in [1.807, 2.05) is 48.5 Å². The van der Waals surface area contributed by atoms with Crippen LogP contribution >= 0.6 is 11.6 Å². The lowest BCUT2D eigenvalue weighted by Gasteiger charge is -2.00. The molecular weight excluding hydrogens is 246 g/mol. The molecule has 1 aromatic heterocycles. The predicted octanol–water partition coefficient (Wildman–Crippen LogP) is 3.56. The number of allylic oxidation sites excluding steroid dienone is 2. The van der Waals surface area contributed by atoms with Crippen molar-refractivity contribution in [1.82, 2.24) is 4.98 Å². The van der Waals surface area contributed by atoms with E-state index in [9.17, 15) is 4.79 Å². The zero-order valence-electron chi connectivity index (χ0n) is 9.71. The molecule has 1 aromatic carbocycles. The number of hydrogen-bond acceptors (Lipinski definition) is 2. The normalized spacial score (nSPS) is 11.3. The van der Waals surface area contributed by atoms with Gasteiger partial charge in [-0.15, -0.1) is 0 Å². The summed E-state index contributed by atoms with van der Waals surface area (Å²) in [7, 11) is 0. The number of rotatable bonds is 4. The summed E-state index contributed by atoms with van der Waals surface area (Å²) in [4.78, 5) is 15.2. The maximum absolute atomic E-state index is 11.1. The van der Waals surface area contributed by atoms with E-state index in [0.29, 0.717) is 22.7 Å². The third kappa shape index (κ3) is 3.28. The smallest absolute Gasteiger partial charge is 0.151 e. The van der Waals surface area contributed by atoms with Crippen LogP contribution in [0.5, 0.6) is 0 Å². The van der Waals surface area contributed by atoms with Crippen LogP contribution in [-0.4, -0.2) is 11.3 Å². The lowest BCUT2D eigenvalue weighted by atomic mass is 10.1. The second-order valence-electron chi connectivity index (χ2n) is 3.82. The van der Waals surface area contributed by atoms with Crippen LogP contribution in [0, 0.1) is 0 Å². The van der Waals surface area contributed by atoms with Crippen molar-refractivity contribution < 1.29 is 4.79 Å². The Kier molecular flexibility index (Phi) is 4.26. The number of benzene rings is 1. The maximum Gasteiger partial charge on any atom is 0.151 e. The van der Waals surface area contributed by atoms with Crippen molar-refractivity contribution in [3.63, 3.8) is 0 Å². The molecule has 0 fully saturated rings. The Labute approximate surface area is 111 Å². The number of aromatic nitrogens is 1. The average Bonchev–Trinajstić information content (AvgIpc) is 2.43. The molecule has 0 aliphatic carbocycles. The lowest BCUT2D eigenvalue weighted by Crippen LogP contribution is -1.91. The Bertz CT molecular complexity index is 546. The molecule has 1 heterocycles. The largest absolute Gasteiger partial charge is 0.298 e. The monoisotopic (exact) mass is 257 g/mol. The van der Waals surface area contributed by atoms with Crippen LogP contribution in [0.3, 0.4) is 0 Å². The minimum atomic E-state index is 0.602. The van der Waals surface area contributed by atoms with Crippen molar-refractivity contribution in [2.24, 2.45) is 0 Å². The third-order valence-corrected chi connectivity index (χ3v) is 2.81. The van der Waals surface area contributed by atoms with E-state index in [-0.39, 0.29) is 0 Å². The van der Waals surface area contributed by atoms with Crippen molar-refractivity contribution >= 4 is 23.5 Å². The number of pyridine rings is 1. The van der Waals surface area contributed by atoms with Gasteiger partial charge in [0.05, 0.1) is 5.69 Å². The second-order valence-corrected chi connectivity index (χ2v) is 4.26. The highest BCUT2D eigenvalue weighted by Crippen LogP contribution is 2.13. The Balaban J connectivity index is 2.16. The molecule has 0 spiro atoms. The summed E-state index contributed by atoms with van der Waals surface area (Å²) in [5, 5.41) is 0.711. The van der Waals surface area contributed by atoms with Gasteiger partial charge in [0.2, 0.25) is 0 Å². The fraction of sp³-hybridized carbons (Fsp3) is 0.0667. The van der Waals surface area contributed by atoms with Gasteiger partial charge >= 0.3 is 0 Å². The van der Waals surface area contributed by atoms with Gasteiger partial charge in [0.1, 0.15) is 0 Å². The molecule has 0 saturated carbocycles. The highest BCUT2D eigenvalue weighted by Gasteiger charge is 2.00. The van der Waals surface area contributed by atoms with E-state index >= 15 is 0 Å². The minimum absolute atomic E-state index is 0.602. The van der Waals surface area contributed by atoms with Crippen LogP contribution in [0.2, 0.25) is 5.02 Å². The van der Waals surface area contributed by atoms with Crippen LogP contribution in [-0.2, 0) is 11.2 Å². The van der Waals surface area contributed by atoms with Crippen molar-refractivity contribution in [1.29, 1.82) is 0 Å². The van der Waals surface area contributed by atoms with Crippen LogP contribution in [0.4, 0.5) is 0 Å². The first-order chi connectivity index (χ1) is 8.79. The molecular formula is C15H12ClNO. The van der Waals surface area contributed by atoms with Crippen molar-refractivity contribution in [2.45, 2.75) is 6.42 Å². The Hall–Kier alpha value is -1.93. The molecule has 3 heteroatoms. The molecule has 0 aliphatic rings. The molecule has 2 nitrogen and oxygen atoms in total. The fourth-order valence-corrected chi connectivity index (χ4v) is 1.72. The summed E-state index contributed by atoms with van der Waals surface area (Å²) in [5.74, 6) is 0. The minimum Gasteiger partial charge on any atom is -0.298 e. The fourth-order valence-electron chi connectivity index (χ4n) is 1.59. The van der Waals surface area contributed by atoms with E-state index in [1.165, 1.54) is 0 Å². The highest BCUT2D eigenvalue weighted by atomic mass is 35.5. The number of aldehydes is 1. The number of hydrogen-bond donors (Lipinski definition) is 0. The quantitative estimate of drug-likeness (QED) is 0.619. The first-order valence-electron chi connectivity index (χ1n) is 5.61. The van der Waals surface area contributed by atoms with Gasteiger partial charge in [-0.1, -0.05) is 35.9 Å². The van der Waals surface area contributed by atoms with E-state index < -0.39 is 0 Å². The van der Waals surface area contributed by atoms with E-state index in [0.717, 1.165) is 11.8 Å². The molecule has 0 bridgehead atoms. The van der Waals surface area contributed by atoms with Crippen LogP contribution < -0.4 is 0 Å². The van der Waals surface area contributed by atoms with Crippen LogP contribution in [0.1, 0.15) is 11.3 Å². The molecule has 0 atom stereocenters. The molecule has 0 amide bonds. The molecule has 0 radical (unpaired) electrons. The predicted molar refractivity (Wildman–Crippen MR) is 73.4 cm³/mol. The Morgan fingerprint density at radius 2 is 1.94 bits per heavy atom.